The average molecular weight is 705 g/mol. The predicted octanol–water partition coefficient (Wildman–Crippen LogP) is 12.6. The first-order valence-corrected chi connectivity index (χ1v) is 18.3. The van der Waals surface area contributed by atoms with E-state index in [0.29, 0.717) is 28.2 Å². The SMILES string of the molecule is Cc1cc2c(cc1F)oc1c(-c3nccc4nc(C(C)(C)C)sc34)cc(Oc3ccc4c5ccccc5n(-c5cc(C(C)(C)C)ccn5)c4c3)cc12. The molecule has 9 rings (SSSR count). The van der Waals surface area contributed by atoms with Crippen LogP contribution in [0.3, 0.4) is 0 Å². The molecule has 0 saturated heterocycles. The normalized spacial score (nSPS) is 12.6. The molecule has 52 heavy (non-hydrogen) atoms. The lowest BCUT2D eigenvalue weighted by Gasteiger charge is -2.20. The Bertz CT molecular complexity index is 2890. The molecule has 0 spiro atoms. The first-order valence-electron chi connectivity index (χ1n) is 17.4. The van der Waals surface area contributed by atoms with Crippen molar-refractivity contribution in [3.8, 4) is 28.6 Å². The summed E-state index contributed by atoms with van der Waals surface area (Å²) in [4.78, 5) is 14.7. The van der Waals surface area contributed by atoms with Crippen molar-refractivity contribution in [3.05, 3.63) is 119 Å². The van der Waals surface area contributed by atoms with Gasteiger partial charge in [-0.1, -0.05) is 59.7 Å². The number of aryl methyl sites for hydroxylation is 1. The number of rotatable bonds is 4. The molecule has 4 aromatic carbocycles. The molecule has 5 heterocycles. The van der Waals surface area contributed by atoms with Crippen LogP contribution in [-0.2, 0) is 10.8 Å². The number of benzene rings is 4. The van der Waals surface area contributed by atoms with Crippen LogP contribution in [0.1, 0.15) is 57.7 Å². The van der Waals surface area contributed by atoms with Crippen LogP contribution in [0.25, 0.3) is 71.0 Å². The minimum atomic E-state index is -0.312. The van der Waals surface area contributed by atoms with Crippen LogP contribution in [0.4, 0.5) is 4.39 Å². The molecule has 9 aromatic rings. The summed E-state index contributed by atoms with van der Waals surface area (Å²) >= 11 is 1.64. The molecular formula is C44H37FN4O2S. The molecule has 0 amide bonds. The third-order valence-electron chi connectivity index (χ3n) is 9.75. The Kier molecular flexibility index (Phi) is 7.12. The van der Waals surface area contributed by atoms with Crippen LogP contribution >= 0.6 is 11.3 Å². The minimum Gasteiger partial charge on any atom is -0.457 e. The van der Waals surface area contributed by atoms with E-state index in [2.05, 4.69) is 94.6 Å². The molecule has 0 N–H and O–H groups in total. The fourth-order valence-electron chi connectivity index (χ4n) is 6.99. The van der Waals surface area contributed by atoms with Crippen molar-refractivity contribution in [2.45, 2.75) is 59.3 Å². The summed E-state index contributed by atoms with van der Waals surface area (Å²) in [6, 6.07) is 28.1. The van der Waals surface area contributed by atoms with Gasteiger partial charge in [0.1, 0.15) is 34.3 Å². The summed E-state index contributed by atoms with van der Waals surface area (Å²) in [5.41, 5.74) is 7.13. The molecule has 6 nitrogen and oxygen atoms in total. The van der Waals surface area contributed by atoms with Crippen molar-refractivity contribution in [1.82, 2.24) is 19.5 Å². The molecule has 0 aliphatic heterocycles. The van der Waals surface area contributed by atoms with Gasteiger partial charge in [0, 0.05) is 57.0 Å². The minimum absolute atomic E-state index is 0.0324. The maximum atomic E-state index is 14.8. The van der Waals surface area contributed by atoms with Crippen molar-refractivity contribution in [2.24, 2.45) is 0 Å². The first kappa shape index (κ1) is 32.3. The van der Waals surface area contributed by atoms with E-state index in [0.717, 1.165) is 64.9 Å². The molecule has 0 aliphatic rings. The van der Waals surface area contributed by atoms with Crippen molar-refractivity contribution in [1.29, 1.82) is 0 Å². The Morgan fingerprint density at radius 2 is 1.52 bits per heavy atom. The molecule has 0 atom stereocenters. The molecule has 0 fully saturated rings. The van der Waals surface area contributed by atoms with E-state index < -0.39 is 0 Å². The summed E-state index contributed by atoms with van der Waals surface area (Å²) in [6.07, 6.45) is 3.67. The number of fused-ring (bicyclic) bond motifs is 7. The van der Waals surface area contributed by atoms with E-state index in [1.807, 2.05) is 36.5 Å². The van der Waals surface area contributed by atoms with Crippen LogP contribution < -0.4 is 4.74 Å². The Balaban J connectivity index is 1.25. The van der Waals surface area contributed by atoms with Gasteiger partial charge in [0.25, 0.3) is 0 Å². The number of hydrogen-bond acceptors (Lipinski definition) is 6. The highest BCUT2D eigenvalue weighted by atomic mass is 32.1. The van der Waals surface area contributed by atoms with Crippen molar-refractivity contribution < 1.29 is 13.5 Å². The van der Waals surface area contributed by atoms with Crippen molar-refractivity contribution in [3.63, 3.8) is 0 Å². The van der Waals surface area contributed by atoms with E-state index in [9.17, 15) is 4.39 Å². The van der Waals surface area contributed by atoms with Gasteiger partial charge in [-0.25, -0.2) is 14.4 Å². The highest BCUT2D eigenvalue weighted by Gasteiger charge is 2.24. The zero-order valence-electron chi connectivity index (χ0n) is 30.1. The fraction of sp³-hybridized carbons (Fsp3) is 0.205. The van der Waals surface area contributed by atoms with Crippen LogP contribution in [-0.4, -0.2) is 19.5 Å². The molecule has 0 unspecified atom stereocenters. The molecule has 258 valence electrons. The quantitative estimate of drug-likeness (QED) is 0.182. The van der Waals surface area contributed by atoms with Gasteiger partial charge in [0.15, 0.2) is 0 Å². The molecule has 0 radical (unpaired) electrons. The lowest BCUT2D eigenvalue weighted by Crippen LogP contribution is -2.12. The van der Waals surface area contributed by atoms with Gasteiger partial charge in [0.2, 0.25) is 0 Å². The lowest BCUT2D eigenvalue weighted by molar-refractivity contribution is 0.484. The van der Waals surface area contributed by atoms with Crippen LogP contribution in [0.2, 0.25) is 0 Å². The van der Waals surface area contributed by atoms with E-state index >= 15 is 0 Å². The number of halogens is 1. The Hall–Kier alpha value is -5.60. The highest BCUT2D eigenvalue weighted by molar-refractivity contribution is 7.19. The molecular weight excluding hydrogens is 668 g/mol. The van der Waals surface area contributed by atoms with Gasteiger partial charge in [-0.2, -0.15) is 0 Å². The van der Waals surface area contributed by atoms with E-state index in [1.165, 1.54) is 11.6 Å². The Labute approximate surface area is 304 Å². The van der Waals surface area contributed by atoms with Gasteiger partial charge in [-0.3, -0.25) is 9.55 Å². The molecule has 0 aliphatic carbocycles. The van der Waals surface area contributed by atoms with E-state index in [4.69, 9.17) is 24.1 Å². The van der Waals surface area contributed by atoms with Crippen molar-refractivity contribution >= 4 is 65.3 Å². The fourth-order valence-corrected chi connectivity index (χ4v) is 8.11. The van der Waals surface area contributed by atoms with Crippen LogP contribution in [0.5, 0.6) is 11.5 Å². The second kappa shape index (κ2) is 11.5. The molecule has 8 heteroatoms. The standard InChI is InChI=1S/C44H37FN4O2S/c1-24-18-30-31-20-27(21-32(40(31)51-37(30)23-33(24)45)39-41-34(15-17-47-39)48-42(52-41)44(5,6)7)50-26-12-13-29-28-10-8-9-11-35(28)49(36(29)22-26)38-19-25(14-16-46-38)43(2,3)4/h8-23H,1-7H3. The third-order valence-corrected chi connectivity index (χ3v) is 11.3. The Morgan fingerprint density at radius 3 is 2.33 bits per heavy atom. The highest BCUT2D eigenvalue weighted by Crippen LogP contribution is 2.44. The van der Waals surface area contributed by atoms with Gasteiger partial charge in [-0.05, 0) is 78.1 Å². The summed E-state index contributed by atoms with van der Waals surface area (Å²) in [5.74, 6) is 1.82. The van der Waals surface area contributed by atoms with Crippen molar-refractivity contribution in [2.75, 3.05) is 0 Å². The zero-order valence-corrected chi connectivity index (χ0v) is 30.9. The van der Waals surface area contributed by atoms with E-state index in [1.54, 1.807) is 24.5 Å². The predicted molar refractivity (Wildman–Crippen MR) is 211 cm³/mol. The van der Waals surface area contributed by atoms with Gasteiger partial charge in [0.05, 0.1) is 32.0 Å². The number of thiazole rings is 1. The summed E-state index contributed by atoms with van der Waals surface area (Å²) < 4.78 is 31.2. The zero-order chi connectivity index (χ0) is 36.1. The second-order valence-corrected chi connectivity index (χ2v) is 16.6. The van der Waals surface area contributed by atoms with Gasteiger partial charge in [-0.15, -0.1) is 11.3 Å². The number of ether oxygens (including phenoxy) is 1. The molecule has 0 saturated carbocycles. The average Bonchev–Trinajstić information content (AvgIpc) is 3.80. The maximum absolute atomic E-state index is 14.8. The molecule has 5 aromatic heterocycles. The largest absolute Gasteiger partial charge is 0.457 e. The summed E-state index contributed by atoms with van der Waals surface area (Å²) in [5, 5.41) is 4.91. The van der Waals surface area contributed by atoms with E-state index in [-0.39, 0.29) is 16.6 Å². The van der Waals surface area contributed by atoms with Crippen LogP contribution in [0, 0.1) is 12.7 Å². The third kappa shape index (κ3) is 5.23. The first-order chi connectivity index (χ1) is 24.8. The lowest BCUT2D eigenvalue weighted by atomic mass is 9.88. The van der Waals surface area contributed by atoms with Gasteiger partial charge >= 0.3 is 0 Å². The number of hydrogen-bond donors (Lipinski definition) is 0. The number of aromatic nitrogens is 4. The Morgan fingerprint density at radius 1 is 0.731 bits per heavy atom. The summed E-state index contributed by atoms with van der Waals surface area (Å²) in [7, 11) is 0. The topological polar surface area (TPSA) is 66.0 Å². The number of furan rings is 1. The smallest absolute Gasteiger partial charge is 0.145 e. The maximum Gasteiger partial charge on any atom is 0.145 e. The second-order valence-electron chi connectivity index (χ2n) is 15.6. The summed E-state index contributed by atoms with van der Waals surface area (Å²) in [6.45, 7) is 14.9. The van der Waals surface area contributed by atoms with Crippen LogP contribution in [0.15, 0.2) is 102 Å². The molecule has 0 bridgehead atoms. The number of para-hydroxylation sites is 1. The number of nitrogens with zero attached hydrogens (tertiary/aromatic N) is 4. The van der Waals surface area contributed by atoms with Gasteiger partial charge < -0.3 is 9.15 Å². The number of pyridine rings is 2. The monoisotopic (exact) mass is 704 g/mol.